The molecule has 1 aromatic rings. The number of benzene rings is 1. The molecule has 0 aromatic heterocycles. The first kappa shape index (κ1) is 22.7. The molecule has 2 aliphatic heterocycles. The molecule has 0 spiro atoms. The highest BCUT2D eigenvalue weighted by Crippen LogP contribution is 2.40. The first-order valence-corrected chi connectivity index (χ1v) is 12.5. The summed E-state index contributed by atoms with van der Waals surface area (Å²) >= 11 is 1.40. The fourth-order valence-electron chi connectivity index (χ4n) is 4.84. The monoisotopic (exact) mass is 444 g/mol. The molecule has 4 nitrogen and oxygen atoms in total. The van der Waals surface area contributed by atoms with E-state index in [4.69, 9.17) is 0 Å². The molecule has 1 aromatic carbocycles. The average molecular weight is 445 g/mol. The minimum absolute atomic E-state index is 0.0645. The van der Waals surface area contributed by atoms with Crippen molar-refractivity contribution in [2.24, 2.45) is 5.92 Å². The van der Waals surface area contributed by atoms with Gasteiger partial charge in [0.2, 0.25) is 0 Å². The molecule has 0 N–H and O–H groups in total. The third kappa shape index (κ3) is 5.85. The SMILES string of the molecule is CC(=O)SC1CCN(C(C(=O)C2CC2)c2ccccc2F)C/C1=C/CN1CCCCC1. The van der Waals surface area contributed by atoms with Crippen LogP contribution in [0.1, 0.15) is 57.1 Å². The number of nitrogens with zero attached hydrogens (tertiary/aromatic N) is 2. The lowest BCUT2D eigenvalue weighted by atomic mass is 9.93. The number of hydrogen-bond acceptors (Lipinski definition) is 5. The van der Waals surface area contributed by atoms with Crippen LogP contribution in [0.2, 0.25) is 0 Å². The molecule has 0 bridgehead atoms. The van der Waals surface area contributed by atoms with Gasteiger partial charge in [0.1, 0.15) is 5.82 Å². The maximum atomic E-state index is 14.7. The predicted molar refractivity (Wildman–Crippen MR) is 123 cm³/mol. The Bertz CT molecular complexity index is 833. The first-order valence-electron chi connectivity index (χ1n) is 11.6. The van der Waals surface area contributed by atoms with E-state index in [1.54, 1.807) is 19.1 Å². The van der Waals surface area contributed by atoms with Crippen molar-refractivity contribution in [2.75, 3.05) is 32.7 Å². The Morgan fingerprint density at radius 3 is 2.55 bits per heavy atom. The van der Waals surface area contributed by atoms with Crippen molar-refractivity contribution >= 4 is 22.7 Å². The zero-order valence-corrected chi connectivity index (χ0v) is 19.2. The van der Waals surface area contributed by atoms with Crippen molar-refractivity contribution in [2.45, 2.75) is 56.7 Å². The number of halogens is 1. The fourth-order valence-corrected chi connectivity index (χ4v) is 5.79. The van der Waals surface area contributed by atoms with Crippen molar-refractivity contribution in [3.8, 4) is 0 Å². The molecule has 3 aliphatic rings. The molecule has 168 valence electrons. The molecule has 0 amide bonds. The number of carbonyl (C=O) groups is 2. The van der Waals surface area contributed by atoms with Crippen LogP contribution < -0.4 is 0 Å². The summed E-state index contributed by atoms with van der Waals surface area (Å²) in [4.78, 5) is 29.7. The number of piperidine rings is 2. The number of likely N-dealkylation sites (tertiary alicyclic amines) is 2. The molecular formula is C25H33FN2O2S. The molecule has 0 radical (unpaired) electrons. The van der Waals surface area contributed by atoms with Crippen LogP contribution in [0.4, 0.5) is 4.39 Å². The summed E-state index contributed by atoms with van der Waals surface area (Å²) in [5.41, 5.74) is 1.70. The molecule has 1 saturated carbocycles. The number of carbonyl (C=O) groups excluding carboxylic acids is 2. The Labute approximate surface area is 189 Å². The van der Waals surface area contributed by atoms with Gasteiger partial charge < -0.3 is 0 Å². The zero-order chi connectivity index (χ0) is 21.8. The van der Waals surface area contributed by atoms with Gasteiger partial charge in [-0.05, 0) is 56.8 Å². The van der Waals surface area contributed by atoms with E-state index in [1.807, 2.05) is 6.07 Å². The number of Topliss-reactive ketones (excluding diaryl/α,β-unsaturated/α-hetero) is 1. The van der Waals surface area contributed by atoms with Crippen LogP contribution in [-0.2, 0) is 9.59 Å². The van der Waals surface area contributed by atoms with Crippen molar-refractivity contribution in [1.82, 2.24) is 9.80 Å². The molecule has 6 heteroatoms. The van der Waals surface area contributed by atoms with E-state index < -0.39 is 6.04 Å². The highest BCUT2D eigenvalue weighted by atomic mass is 32.2. The third-order valence-electron chi connectivity index (χ3n) is 6.66. The highest BCUT2D eigenvalue weighted by molar-refractivity contribution is 8.14. The molecular weight excluding hydrogens is 411 g/mol. The molecule has 3 fully saturated rings. The first-order chi connectivity index (χ1) is 15.0. The second-order valence-electron chi connectivity index (χ2n) is 9.10. The predicted octanol–water partition coefficient (Wildman–Crippen LogP) is 4.61. The highest BCUT2D eigenvalue weighted by Gasteiger charge is 2.41. The summed E-state index contributed by atoms with van der Waals surface area (Å²) in [6, 6.07) is 6.17. The van der Waals surface area contributed by atoms with Gasteiger partial charge in [-0.2, -0.15) is 0 Å². The summed E-state index contributed by atoms with van der Waals surface area (Å²) in [5.74, 6) is -0.0894. The van der Waals surface area contributed by atoms with E-state index in [0.717, 1.165) is 38.9 Å². The van der Waals surface area contributed by atoms with Gasteiger partial charge in [0.05, 0.1) is 6.04 Å². The summed E-state index contributed by atoms with van der Waals surface area (Å²) in [7, 11) is 0. The van der Waals surface area contributed by atoms with Gasteiger partial charge in [-0.25, -0.2) is 4.39 Å². The lowest BCUT2D eigenvalue weighted by Gasteiger charge is -2.39. The molecule has 31 heavy (non-hydrogen) atoms. The van der Waals surface area contributed by atoms with Gasteiger partial charge >= 0.3 is 0 Å². The van der Waals surface area contributed by atoms with Crippen LogP contribution in [0.15, 0.2) is 35.9 Å². The van der Waals surface area contributed by atoms with E-state index >= 15 is 0 Å². The topological polar surface area (TPSA) is 40.6 Å². The Kier molecular flexibility index (Phi) is 7.62. The number of rotatable bonds is 7. The quantitative estimate of drug-likeness (QED) is 0.575. The standard InChI is InChI=1S/C25H33FN2O2S/c1-18(29)31-23-12-16-28(17-20(23)11-15-27-13-5-2-6-14-27)24(25(30)19-9-10-19)21-7-3-4-8-22(21)26/h3-4,7-8,11,19,23-24H,2,5-6,9-10,12-17H2,1H3/b20-11-. The van der Waals surface area contributed by atoms with E-state index in [1.165, 1.54) is 42.7 Å². The van der Waals surface area contributed by atoms with Crippen molar-refractivity contribution < 1.29 is 14.0 Å². The fraction of sp³-hybridized carbons (Fsp3) is 0.600. The molecule has 2 saturated heterocycles. The van der Waals surface area contributed by atoms with E-state index in [-0.39, 0.29) is 27.9 Å². The number of thioether (sulfide) groups is 1. The molecule has 2 unspecified atom stereocenters. The lowest BCUT2D eigenvalue weighted by Crippen LogP contribution is -2.43. The summed E-state index contributed by atoms with van der Waals surface area (Å²) in [6.07, 6.45) is 8.70. The third-order valence-corrected chi connectivity index (χ3v) is 7.82. The lowest BCUT2D eigenvalue weighted by molar-refractivity contribution is -0.126. The number of hydrogen-bond donors (Lipinski definition) is 0. The number of ketones is 1. The summed E-state index contributed by atoms with van der Waals surface area (Å²) in [5, 5.41) is 0.276. The normalized spacial score (nSPS) is 25.5. The van der Waals surface area contributed by atoms with Crippen molar-refractivity contribution in [3.05, 3.63) is 47.3 Å². The largest absolute Gasteiger partial charge is 0.300 e. The van der Waals surface area contributed by atoms with Gasteiger partial charge in [0.25, 0.3) is 0 Å². The zero-order valence-electron chi connectivity index (χ0n) is 18.4. The average Bonchev–Trinajstić information content (AvgIpc) is 3.61. The Morgan fingerprint density at radius 1 is 1.13 bits per heavy atom. The summed E-state index contributed by atoms with van der Waals surface area (Å²) in [6.45, 7) is 6.07. The van der Waals surface area contributed by atoms with E-state index in [0.29, 0.717) is 18.7 Å². The van der Waals surface area contributed by atoms with Crippen molar-refractivity contribution in [3.63, 3.8) is 0 Å². The van der Waals surface area contributed by atoms with Crippen molar-refractivity contribution in [1.29, 1.82) is 0 Å². The Morgan fingerprint density at radius 2 is 1.87 bits per heavy atom. The maximum Gasteiger partial charge on any atom is 0.186 e. The molecule has 4 rings (SSSR count). The van der Waals surface area contributed by atoms with Crippen LogP contribution in [0.5, 0.6) is 0 Å². The van der Waals surface area contributed by atoms with E-state index in [2.05, 4.69) is 15.9 Å². The van der Waals surface area contributed by atoms with Gasteiger partial charge in [0.15, 0.2) is 10.9 Å². The molecule has 2 atom stereocenters. The smallest absolute Gasteiger partial charge is 0.186 e. The summed E-state index contributed by atoms with van der Waals surface area (Å²) < 4.78 is 14.7. The molecule has 2 heterocycles. The minimum Gasteiger partial charge on any atom is -0.300 e. The van der Waals surface area contributed by atoms with Gasteiger partial charge in [-0.3, -0.25) is 19.4 Å². The minimum atomic E-state index is -0.532. The maximum absolute atomic E-state index is 14.7. The van der Waals surface area contributed by atoms with Crippen LogP contribution in [0, 0.1) is 11.7 Å². The second kappa shape index (κ2) is 10.4. The van der Waals surface area contributed by atoms with Crippen LogP contribution in [0.3, 0.4) is 0 Å². The van der Waals surface area contributed by atoms with Gasteiger partial charge in [-0.15, -0.1) is 0 Å². The Balaban J connectivity index is 1.56. The van der Waals surface area contributed by atoms with E-state index in [9.17, 15) is 14.0 Å². The molecule has 1 aliphatic carbocycles. The van der Waals surface area contributed by atoms with Crippen LogP contribution in [0.25, 0.3) is 0 Å². The van der Waals surface area contributed by atoms with Crippen LogP contribution in [-0.4, -0.2) is 58.7 Å². The second-order valence-corrected chi connectivity index (χ2v) is 10.5. The van der Waals surface area contributed by atoms with Gasteiger partial charge in [0, 0.05) is 43.3 Å². The van der Waals surface area contributed by atoms with Crippen LogP contribution >= 0.6 is 11.8 Å². The van der Waals surface area contributed by atoms with Gasteiger partial charge in [-0.1, -0.05) is 42.5 Å². The Hall–Kier alpha value is -1.50.